The molecule has 0 spiro atoms. The van der Waals surface area contributed by atoms with Crippen molar-refractivity contribution in [2.75, 3.05) is 21.2 Å². The van der Waals surface area contributed by atoms with Crippen molar-refractivity contribution in [3.8, 4) is 0 Å². The van der Waals surface area contributed by atoms with Crippen molar-refractivity contribution < 1.29 is 19.2 Å². The quantitative estimate of drug-likeness (QED) is 0.483. The van der Waals surface area contributed by atoms with Gasteiger partial charge in [-0.15, -0.1) is 0 Å². The standard InChI is InChI=1S/C15H17N3O5/c1-9-12(14(19)23-4)13(17(3)15(20)16(9)2)10-5-7-11(8-6-10)18(21)22/h5-8,13H,1-4H3/t13-/m0/s1. The first-order chi connectivity index (χ1) is 10.8. The molecular weight excluding hydrogens is 302 g/mol. The van der Waals surface area contributed by atoms with Gasteiger partial charge in [0.2, 0.25) is 0 Å². The number of methoxy groups -OCH3 is 1. The maximum atomic E-state index is 12.3. The van der Waals surface area contributed by atoms with Crippen molar-refractivity contribution in [3.63, 3.8) is 0 Å². The van der Waals surface area contributed by atoms with Gasteiger partial charge in [-0.3, -0.25) is 10.1 Å². The molecule has 8 heteroatoms. The molecule has 0 aliphatic carbocycles. The first-order valence-corrected chi connectivity index (χ1v) is 6.83. The van der Waals surface area contributed by atoms with Crippen LogP contribution < -0.4 is 0 Å². The normalized spacial score (nSPS) is 18.3. The second-order valence-electron chi connectivity index (χ2n) is 5.19. The molecule has 8 nitrogen and oxygen atoms in total. The third kappa shape index (κ3) is 2.75. The Bertz CT molecular complexity index is 696. The molecule has 23 heavy (non-hydrogen) atoms. The Labute approximate surface area is 133 Å². The Morgan fingerprint density at radius 1 is 1.26 bits per heavy atom. The highest BCUT2D eigenvalue weighted by molar-refractivity contribution is 5.94. The van der Waals surface area contributed by atoms with Crippen LogP contribution in [0.2, 0.25) is 0 Å². The largest absolute Gasteiger partial charge is 0.466 e. The van der Waals surface area contributed by atoms with Crippen LogP contribution >= 0.6 is 0 Å². The maximum Gasteiger partial charge on any atom is 0.337 e. The summed E-state index contributed by atoms with van der Waals surface area (Å²) < 4.78 is 4.84. The van der Waals surface area contributed by atoms with Gasteiger partial charge in [0.25, 0.3) is 5.69 Å². The van der Waals surface area contributed by atoms with E-state index in [1.807, 2.05) is 0 Å². The Hall–Kier alpha value is -2.90. The van der Waals surface area contributed by atoms with E-state index in [1.54, 1.807) is 21.0 Å². The number of allylic oxidation sites excluding steroid dienone is 1. The number of benzene rings is 1. The molecule has 1 heterocycles. The van der Waals surface area contributed by atoms with Crippen molar-refractivity contribution in [2.45, 2.75) is 13.0 Å². The number of non-ortho nitro benzene ring substituents is 1. The molecule has 0 N–H and O–H groups in total. The second kappa shape index (κ2) is 6.07. The fourth-order valence-corrected chi connectivity index (χ4v) is 2.60. The summed E-state index contributed by atoms with van der Waals surface area (Å²) in [5.41, 5.74) is 1.35. The summed E-state index contributed by atoms with van der Waals surface area (Å²) >= 11 is 0. The number of nitrogens with zero attached hydrogens (tertiary/aromatic N) is 3. The SMILES string of the molecule is COC(=O)C1=C(C)N(C)C(=O)N(C)[C@H]1c1ccc([N+](=O)[O-])cc1. The van der Waals surface area contributed by atoms with E-state index in [1.165, 1.54) is 41.2 Å². The van der Waals surface area contributed by atoms with Gasteiger partial charge in [0.1, 0.15) is 0 Å². The Kier molecular flexibility index (Phi) is 4.35. The second-order valence-corrected chi connectivity index (χ2v) is 5.19. The van der Waals surface area contributed by atoms with Gasteiger partial charge in [0.15, 0.2) is 0 Å². The third-order valence-corrected chi connectivity index (χ3v) is 3.97. The number of urea groups is 1. The minimum Gasteiger partial charge on any atom is -0.466 e. The van der Waals surface area contributed by atoms with E-state index in [-0.39, 0.29) is 11.7 Å². The Morgan fingerprint density at radius 3 is 2.30 bits per heavy atom. The minimum absolute atomic E-state index is 0.0593. The molecule has 0 radical (unpaired) electrons. The van der Waals surface area contributed by atoms with E-state index in [0.717, 1.165) is 0 Å². The first kappa shape index (κ1) is 16.5. The number of carbonyl (C=O) groups is 2. The molecule has 1 atom stereocenters. The van der Waals surface area contributed by atoms with Crippen LogP contribution in [0.25, 0.3) is 0 Å². The van der Waals surface area contributed by atoms with Crippen LogP contribution in [0.1, 0.15) is 18.5 Å². The number of amides is 2. The average Bonchev–Trinajstić information content (AvgIpc) is 2.55. The highest BCUT2D eigenvalue weighted by atomic mass is 16.6. The van der Waals surface area contributed by atoms with Gasteiger partial charge in [-0.1, -0.05) is 0 Å². The zero-order chi connectivity index (χ0) is 17.3. The zero-order valence-corrected chi connectivity index (χ0v) is 13.3. The summed E-state index contributed by atoms with van der Waals surface area (Å²) in [6, 6.07) is 4.82. The van der Waals surface area contributed by atoms with E-state index in [4.69, 9.17) is 4.74 Å². The minimum atomic E-state index is -0.660. The van der Waals surface area contributed by atoms with Crippen LogP contribution in [-0.2, 0) is 9.53 Å². The summed E-state index contributed by atoms with van der Waals surface area (Å²) in [6.07, 6.45) is 0. The number of carbonyl (C=O) groups excluding carboxylic acids is 2. The van der Waals surface area contributed by atoms with Crippen LogP contribution in [0.5, 0.6) is 0 Å². The number of hydrogen-bond donors (Lipinski definition) is 0. The number of nitro groups is 1. The predicted molar refractivity (Wildman–Crippen MR) is 81.5 cm³/mol. The molecule has 1 aromatic carbocycles. The average molecular weight is 319 g/mol. The summed E-state index contributed by atoms with van der Waals surface area (Å²) in [5.74, 6) is -0.544. The molecular formula is C15H17N3O5. The number of likely N-dealkylation sites (N-methyl/N-ethyl adjacent to an activating group) is 1. The van der Waals surface area contributed by atoms with Gasteiger partial charge >= 0.3 is 12.0 Å². The lowest BCUT2D eigenvalue weighted by molar-refractivity contribution is -0.384. The summed E-state index contributed by atoms with van der Waals surface area (Å²) in [4.78, 5) is 37.5. The molecule has 0 saturated heterocycles. The van der Waals surface area contributed by atoms with Crippen LogP contribution in [0.15, 0.2) is 35.5 Å². The molecule has 2 amide bonds. The van der Waals surface area contributed by atoms with Gasteiger partial charge < -0.3 is 14.5 Å². The summed E-state index contributed by atoms with van der Waals surface area (Å²) in [7, 11) is 4.41. The molecule has 2 rings (SSSR count). The zero-order valence-electron chi connectivity index (χ0n) is 13.3. The third-order valence-electron chi connectivity index (χ3n) is 3.97. The summed E-state index contributed by atoms with van der Waals surface area (Å²) in [5, 5.41) is 10.8. The maximum absolute atomic E-state index is 12.3. The van der Waals surface area contributed by atoms with Crippen molar-refractivity contribution >= 4 is 17.7 Å². The van der Waals surface area contributed by atoms with Crippen LogP contribution in [0.4, 0.5) is 10.5 Å². The number of ether oxygens (including phenoxy) is 1. The molecule has 0 aromatic heterocycles. The van der Waals surface area contributed by atoms with E-state index in [9.17, 15) is 19.7 Å². The van der Waals surface area contributed by atoms with E-state index < -0.39 is 16.9 Å². The van der Waals surface area contributed by atoms with Crippen molar-refractivity contribution in [2.24, 2.45) is 0 Å². The highest BCUT2D eigenvalue weighted by Gasteiger charge is 2.39. The molecule has 1 aromatic rings. The van der Waals surface area contributed by atoms with Gasteiger partial charge in [-0.05, 0) is 24.6 Å². The fraction of sp³-hybridized carbons (Fsp3) is 0.333. The smallest absolute Gasteiger partial charge is 0.337 e. The number of nitro benzene ring substituents is 1. The van der Waals surface area contributed by atoms with Crippen molar-refractivity contribution in [1.82, 2.24) is 9.80 Å². The lowest BCUT2D eigenvalue weighted by atomic mass is 9.93. The van der Waals surface area contributed by atoms with E-state index in [0.29, 0.717) is 16.8 Å². The number of rotatable bonds is 3. The highest BCUT2D eigenvalue weighted by Crippen LogP contribution is 2.36. The van der Waals surface area contributed by atoms with E-state index in [2.05, 4.69) is 0 Å². The monoisotopic (exact) mass is 319 g/mol. The Balaban J connectivity index is 2.57. The van der Waals surface area contributed by atoms with Gasteiger partial charge in [-0.2, -0.15) is 0 Å². The number of hydrogen-bond acceptors (Lipinski definition) is 5. The predicted octanol–water partition coefficient (Wildman–Crippen LogP) is 2.08. The van der Waals surface area contributed by atoms with Gasteiger partial charge in [-0.25, -0.2) is 9.59 Å². The van der Waals surface area contributed by atoms with Gasteiger partial charge in [0.05, 0.1) is 23.6 Å². The van der Waals surface area contributed by atoms with E-state index >= 15 is 0 Å². The first-order valence-electron chi connectivity index (χ1n) is 6.83. The van der Waals surface area contributed by atoms with Crippen LogP contribution in [0.3, 0.4) is 0 Å². The van der Waals surface area contributed by atoms with Crippen LogP contribution in [-0.4, -0.2) is 47.9 Å². The van der Waals surface area contributed by atoms with Crippen molar-refractivity contribution in [3.05, 3.63) is 51.2 Å². The van der Waals surface area contributed by atoms with Crippen LogP contribution in [0, 0.1) is 10.1 Å². The molecule has 0 saturated carbocycles. The topological polar surface area (TPSA) is 93.0 Å². The lowest BCUT2D eigenvalue weighted by Gasteiger charge is -2.39. The molecule has 0 fully saturated rings. The molecule has 0 bridgehead atoms. The summed E-state index contributed by atoms with van der Waals surface area (Å²) in [6.45, 7) is 1.66. The molecule has 1 aliphatic rings. The van der Waals surface area contributed by atoms with Gasteiger partial charge in [0, 0.05) is 31.9 Å². The molecule has 122 valence electrons. The fourth-order valence-electron chi connectivity index (χ4n) is 2.60. The molecule has 1 aliphatic heterocycles. The lowest BCUT2D eigenvalue weighted by Crippen LogP contribution is -2.47. The molecule has 0 unspecified atom stereocenters. The Morgan fingerprint density at radius 2 is 1.83 bits per heavy atom. The van der Waals surface area contributed by atoms with Crippen molar-refractivity contribution in [1.29, 1.82) is 0 Å². The number of esters is 1.